The lowest BCUT2D eigenvalue weighted by Crippen LogP contribution is -2.57. The first-order valence-corrected chi connectivity index (χ1v) is 18.5. The Hall–Kier alpha value is -3.77. The van der Waals surface area contributed by atoms with Crippen LogP contribution >= 0.6 is 0 Å². The largest absolute Gasteiger partial charge is 0.497 e. The maximum atomic E-state index is 16.3. The molecule has 2 bridgehead atoms. The van der Waals surface area contributed by atoms with Crippen molar-refractivity contribution in [2.45, 2.75) is 117 Å². The first kappa shape index (κ1) is 37.0. The summed E-state index contributed by atoms with van der Waals surface area (Å²) in [7, 11) is 1.50. The number of esters is 1. The van der Waals surface area contributed by atoms with Gasteiger partial charge in [-0.05, 0) is 73.3 Å². The third kappa shape index (κ3) is 7.72. The second kappa shape index (κ2) is 14.3. The molecule has 2 aliphatic heterocycles. The summed E-state index contributed by atoms with van der Waals surface area (Å²) in [5.41, 5.74) is -0.789. The first-order valence-electron chi connectivity index (χ1n) is 18.5. The number of carbonyl (C=O) groups is 3. The van der Waals surface area contributed by atoms with E-state index in [1.165, 1.54) is 12.0 Å². The van der Waals surface area contributed by atoms with E-state index in [2.05, 4.69) is 15.3 Å². The maximum Gasteiger partial charge on any atom is 0.408 e. The molecular formula is C38H52F2N4O7. The van der Waals surface area contributed by atoms with Gasteiger partial charge in [-0.15, -0.1) is 0 Å². The number of alkyl carbamates (subject to hydrolysis) is 1. The molecule has 8 atom stereocenters. The van der Waals surface area contributed by atoms with Gasteiger partial charge >= 0.3 is 12.1 Å². The van der Waals surface area contributed by atoms with Crippen molar-refractivity contribution in [2.75, 3.05) is 20.3 Å². The normalized spacial score (nSPS) is 31.0. The highest BCUT2D eigenvalue weighted by Crippen LogP contribution is 2.58. The lowest BCUT2D eigenvalue weighted by atomic mass is 9.85. The van der Waals surface area contributed by atoms with E-state index in [9.17, 15) is 14.4 Å². The minimum absolute atomic E-state index is 0.0353. The molecule has 2 aliphatic carbocycles. The number of amides is 2. The highest BCUT2D eigenvalue weighted by atomic mass is 19.3. The monoisotopic (exact) mass is 714 g/mol. The van der Waals surface area contributed by atoms with Gasteiger partial charge in [0.15, 0.2) is 5.69 Å². The SMILES string of the molecule is CC[C@@H]1[C@@H]2CN(C(=O)[C@H](C(C)(C)C)NC(=O)O[C@@H]3CC4C[C@@H]4[C@H]3CCCCC(F)(F)c3nc4ccc(OC)cc4nc3O2)[C@@H]1C(=O)OCC(C)C. The number of alkyl halides is 2. The number of benzene rings is 1. The number of halogens is 2. The molecule has 1 unspecified atom stereocenters. The number of hydrogen-bond donors (Lipinski definition) is 1. The summed E-state index contributed by atoms with van der Waals surface area (Å²) < 4.78 is 56.1. The molecule has 51 heavy (non-hydrogen) atoms. The van der Waals surface area contributed by atoms with Crippen LogP contribution in [0.4, 0.5) is 13.6 Å². The lowest BCUT2D eigenvalue weighted by Gasteiger charge is -2.36. The van der Waals surface area contributed by atoms with Gasteiger partial charge in [-0.25, -0.2) is 19.6 Å². The first-order chi connectivity index (χ1) is 24.1. The van der Waals surface area contributed by atoms with Crippen LogP contribution in [0.2, 0.25) is 0 Å². The fraction of sp³-hybridized carbons (Fsp3) is 0.711. The van der Waals surface area contributed by atoms with Crippen molar-refractivity contribution >= 4 is 29.0 Å². The van der Waals surface area contributed by atoms with Crippen LogP contribution in [-0.4, -0.2) is 77.4 Å². The van der Waals surface area contributed by atoms with E-state index >= 15 is 8.78 Å². The zero-order valence-electron chi connectivity index (χ0n) is 30.7. The zero-order chi connectivity index (χ0) is 36.8. The third-order valence-corrected chi connectivity index (χ3v) is 11.1. The van der Waals surface area contributed by atoms with Gasteiger partial charge in [0.25, 0.3) is 5.92 Å². The smallest absolute Gasteiger partial charge is 0.408 e. The maximum absolute atomic E-state index is 16.3. The Kier molecular flexibility index (Phi) is 10.4. The van der Waals surface area contributed by atoms with E-state index in [1.807, 2.05) is 41.5 Å². The fourth-order valence-corrected chi connectivity index (χ4v) is 8.26. The van der Waals surface area contributed by atoms with Crippen LogP contribution in [0.3, 0.4) is 0 Å². The van der Waals surface area contributed by atoms with E-state index < -0.39 is 65.5 Å². The van der Waals surface area contributed by atoms with Crippen molar-refractivity contribution in [3.8, 4) is 11.6 Å². The number of methoxy groups -OCH3 is 1. The van der Waals surface area contributed by atoms with Gasteiger partial charge in [-0.3, -0.25) is 4.79 Å². The van der Waals surface area contributed by atoms with E-state index in [0.29, 0.717) is 42.4 Å². The van der Waals surface area contributed by atoms with Gasteiger partial charge in [0, 0.05) is 18.4 Å². The molecule has 1 aromatic heterocycles. The average molecular weight is 715 g/mol. The number of nitrogens with one attached hydrogen (secondary N) is 1. The summed E-state index contributed by atoms with van der Waals surface area (Å²) in [6.07, 6.45) is 1.08. The molecule has 4 aliphatic rings. The standard InChI is InChI=1S/C38H52F2N4O7/c1-8-23-29-18-44(30(23)35(46)49-19-20(2)3)34(45)32(37(4,5)6)43-36(47)51-28-16-21-15-25(21)24(28)11-9-10-14-38(39,40)31-33(50-29)42-27-17-22(48-7)12-13-26(27)41-31/h12-13,17,20-21,23-25,28-30,32H,8-11,14-16,18-19H2,1-7H3,(H,43,47)/t21?,23-,24-,25+,28-,29+,30+,32-/m1/s1. The quantitative estimate of drug-likeness (QED) is 0.339. The van der Waals surface area contributed by atoms with Crippen LogP contribution < -0.4 is 14.8 Å². The number of aromatic nitrogens is 2. The summed E-state index contributed by atoms with van der Waals surface area (Å²) in [6, 6.07) is 2.66. The summed E-state index contributed by atoms with van der Waals surface area (Å²) in [5.74, 6) is -4.07. The Balaban J connectivity index is 1.44. The molecule has 3 fully saturated rings. The topological polar surface area (TPSA) is 129 Å². The number of fused-ring (bicyclic) bond motifs is 7. The van der Waals surface area contributed by atoms with Gasteiger partial charge in [0.2, 0.25) is 11.8 Å². The molecule has 0 radical (unpaired) electrons. The van der Waals surface area contributed by atoms with Crippen molar-refractivity contribution in [1.82, 2.24) is 20.2 Å². The van der Waals surface area contributed by atoms with E-state index in [4.69, 9.17) is 18.9 Å². The molecular weight excluding hydrogens is 662 g/mol. The van der Waals surface area contributed by atoms with E-state index in [-0.39, 0.29) is 48.9 Å². The van der Waals surface area contributed by atoms with Crippen molar-refractivity contribution < 1.29 is 42.1 Å². The predicted molar refractivity (Wildman–Crippen MR) is 184 cm³/mol. The number of nitrogens with zero attached hydrogens (tertiary/aromatic N) is 3. The highest BCUT2D eigenvalue weighted by Gasteiger charge is 2.56. The van der Waals surface area contributed by atoms with Crippen LogP contribution in [0.25, 0.3) is 11.0 Å². The number of hydrogen-bond acceptors (Lipinski definition) is 9. The molecule has 11 nitrogen and oxygen atoms in total. The molecule has 2 aromatic rings. The van der Waals surface area contributed by atoms with Crippen molar-refractivity contribution in [3.05, 3.63) is 23.9 Å². The number of ether oxygens (including phenoxy) is 4. The fourth-order valence-electron chi connectivity index (χ4n) is 8.26. The Morgan fingerprint density at radius 1 is 1.08 bits per heavy atom. The minimum atomic E-state index is -3.39. The van der Waals surface area contributed by atoms with Crippen molar-refractivity contribution in [3.63, 3.8) is 0 Å². The molecule has 0 spiro atoms. The highest BCUT2D eigenvalue weighted by molar-refractivity contribution is 5.91. The van der Waals surface area contributed by atoms with Crippen LogP contribution in [0.1, 0.15) is 92.2 Å². The molecule has 3 heterocycles. The van der Waals surface area contributed by atoms with Gasteiger partial charge in [-0.2, -0.15) is 8.78 Å². The second-order valence-corrected chi connectivity index (χ2v) is 16.3. The summed E-state index contributed by atoms with van der Waals surface area (Å²) >= 11 is 0. The molecule has 1 N–H and O–H groups in total. The molecule has 6 rings (SSSR count). The molecule has 1 aromatic carbocycles. The Bertz CT molecular complexity index is 1630. The zero-order valence-corrected chi connectivity index (χ0v) is 30.7. The summed E-state index contributed by atoms with van der Waals surface area (Å²) in [5, 5.41) is 2.86. The lowest BCUT2D eigenvalue weighted by molar-refractivity contribution is -0.157. The van der Waals surface area contributed by atoms with Crippen LogP contribution in [0.5, 0.6) is 11.6 Å². The van der Waals surface area contributed by atoms with Crippen LogP contribution in [-0.2, 0) is 25.0 Å². The van der Waals surface area contributed by atoms with Crippen LogP contribution in [0, 0.1) is 35.0 Å². The predicted octanol–water partition coefficient (Wildman–Crippen LogP) is 6.65. The van der Waals surface area contributed by atoms with Gasteiger partial charge in [0.1, 0.15) is 30.0 Å². The number of rotatable bonds is 5. The van der Waals surface area contributed by atoms with Crippen LogP contribution in [0.15, 0.2) is 18.2 Å². The minimum Gasteiger partial charge on any atom is -0.497 e. The molecule has 1 saturated heterocycles. The summed E-state index contributed by atoms with van der Waals surface area (Å²) in [6.45, 7) is 11.2. The van der Waals surface area contributed by atoms with Crippen molar-refractivity contribution in [2.24, 2.45) is 35.0 Å². The van der Waals surface area contributed by atoms with E-state index in [0.717, 1.165) is 12.8 Å². The number of carbonyl (C=O) groups excluding carboxylic acids is 3. The Morgan fingerprint density at radius 3 is 2.53 bits per heavy atom. The van der Waals surface area contributed by atoms with Gasteiger partial charge in [-0.1, -0.05) is 48.0 Å². The summed E-state index contributed by atoms with van der Waals surface area (Å²) in [4.78, 5) is 52.3. The Morgan fingerprint density at radius 2 is 1.84 bits per heavy atom. The third-order valence-electron chi connectivity index (χ3n) is 11.1. The second-order valence-electron chi connectivity index (χ2n) is 16.3. The Labute approximate surface area is 298 Å². The average Bonchev–Trinajstić information content (AvgIpc) is 3.61. The van der Waals surface area contributed by atoms with Gasteiger partial charge < -0.3 is 29.2 Å². The molecule has 13 heteroatoms. The molecule has 2 saturated carbocycles. The molecule has 2 amide bonds. The van der Waals surface area contributed by atoms with Crippen molar-refractivity contribution in [1.29, 1.82) is 0 Å². The van der Waals surface area contributed by atoms with Gasteiger partial charge in [0.05, 0.1) is 31.3 Å². The molecule has 280 valence electrons. The van der Waals surface area contributed by atoms with E-state index in [1.54, 1.807) is 18.2 Å².